The third-order valence-corrected chi connectivity index (χ3v) is 4.58. The van der Waals surface area contributed by atoms with Gasteiger partial charge in [0.1, 0.15) is 0 Å². The number of halogens is 1. The lowest BCUT2D eigenvalue weighted by atomic mass is 9.87. The van der Waals surface area contributed by atoms with Gasteiger partial charge in [0.25, 0.3) is 0 Å². The normalized spacial score (nSPS) is 12.0. The zero-order valence-corrected chi connectivity index (χ0v) is 15.3. The van der Waals surface area contributed by atoms with E-state index in [0.29, 0.717) is 31.1 Å². The summed E-state index contributed by atoms with van der Waals surface area (Å²) in [6.07, 6.45) is 0. The van der Waals surface area contributed by atoms with Crippen molar-refractivity contribution < 1.29 is 13.2 Å². The first-order chi connectivity index (χ1) is 9.77. The van der Waals surface area contributed by atoms with E-state index in [-0.39, 0.29) is 17.8 Å². The van der Waals surface area contributed by atoms with Gasteiger partial charge in [0, 0.05) is 26.7 Å². The fourth-order valence-electron chi connectivity index (χ4n) is 1.79. The lowest BCUT2D eigenvalue weighted by Crippen LogP contribution is -2.33. The lowest BCUT2D eigenvalue weighted by Gasteiger charge is -2.19. The van der Waals surface area contributed by atoms with E-state index < -0.39 is 10.0 Å². The fourth-order valence-corrected chi connectivity index (χ4v) is 2.82. The van der Waals surface area contributed by atoms with Gasteiger partial charge in [-0.3, -0.25) is 0 Å². The largest absolute Gasteiger partial charge is 0.383 e. The molecule has 1 aromatic carbocycles. The maximum Gasteiger partial charge on any atom is 0.240 e. The topological polar surface area (TPSA) is 67.4 Å². The SMILES string of the molecule is COCCNCCNS(=O)(=O)c1ccc(C(C)(C)C)cc1.Cl. The first-order valence-corrected chi connectivity index (χ1v) is 8.55. The Hall–Kier alpha value is -0.660. The number of benzene rings is 1. The minimum Gasteiger partial charge on any atom is -0.383 e. The molecule has 0 unspecified atom stereocenters. The summed E-state index contributed by atoms with van der Waals surface area (Å²) in [7, 11) is -1.81. The Morgan fingerprint density at radius 2 is 1.64 bits per heavy atom. The summed E-state index contributed by atoms with van der Waals surface area (Å²) >= 11 is 0. The number of nitrogens with one attached hydrogen (secondary N) is 2. The Kier molecular flexibility index (Phi) is 9.19. The molecule has 0 fully saturated rings. The van der Waals surface area contributed by atoms with Crippen molar-refractivity contribution in [1.82, 2.24) is 10.0 Å². The van der Waals surface area contributed by atoms with Crippen LogP contribution in [0.5, 0.6) is 0 Å². The fraction of sp³-hybridized carbons (Fsp3) is 0.600. The van der Waals surface area contributed by atoms with E-state index in [1.807, 2.05) is 12.1 Å². The van der Waals surface area contributed by atoms with Gasteiger partial charge in [-0.25, -0.2) is 13.1 Å². The standard InChI is InChI=1S/C15H26N2O3S.ClH/c1-15(2,3)13-5-7-14(8-6-13)21(18,19)17-10-9-16-11-12-20-4;/h5-8,16-17H,9-12H2,1-4H3;1H. The molecule has 2 N–H and O–H groups in total. The van der Waals surface area contributed by atoms with Crippen LogP contribution in [-0.2, 0) is 20.2 Å². The highest BCUT2D eigenvalue weighted by atomic mass is 35.5. The van der Waals surface area contributed by atoms with Gasteiger partial charge in [0.05, 0.1) is 11.5 Å². The summed E-state index contributed by atoms with van der Waals surface area (Å²) < 4.78 is 31.7. The third kappa shape index (κ3) is 7.07. The van der Waals surface area contributed by atoms with Gasteiger partial charge in [-0.15, -0.1) is 12.4 Å². The van der Waals surface area contributed by atoms with Crippen LogP contribution in [0.2, 0.25) is 0 Å². The van der Waals surface area contributed by atoms with E-state index in [0.717, 1.165) is 5.56 Å². The number of hydrogen-bond acceptors (Lipinski definition) is 4. The second kappa shape index (κ2) is 9.47. The van der Waals surface area contributed by atoms with E-state index in [2.05, 4.69) is 30.8 Å². The molecule has 0 saturated carbocycles. The molecule has 1 rings (SSSR count). The molecule has 0 aliphatic heterocycles. The van der Waals surface area contributed by atoms with Crippen LogP contribution in [0.15, 0.2) is 29.2 Å². The molecule has 0 bridgehead atoms. The van der Waals surface area contributed by atoms with E-state index in [1.54, 1.807) is 19.2 Å². The molecule has 5 nitrogen and oxygen atoms in total. The first kappa shape index (κ1) is 21.3. The van der Waals surface area contributed by atoms with Crippen molar-refractivity contribution in [3.8, 4) is 0 Å². The van der Waals surface area contributed by atoms with Crippen LogP contribution in [0.25, 0.3) is 0 Å². The highest BCUT2D eigenvalue weighted by Crippen LogP contribution is 2.23. The summed E-state index contributed by atoms with van der Waals surface area (Å²) in [5, 5.41) is 3.09. The average molecular weight is 351 g/mol. The molecule has 0 amide bonds. The maximum absolute atomic E-state index is 12.1. The molecule has 128 valence electrons. The van der Waals surface area contributed by atoms with Crippen molar-refractivity contribution in [3.63, 3.8) is 0 Å². The molecule has 7 heteroatoms. The lowest BCUT2D eigenvalue weighted by molar-refractivity contribution is 0.199. The van der Waals surface area contributed by atoms with Crippen molar-refractivity contribution >= 4 is 22.4 Å². The molecular weight excluding hydrogens is 324 g/mol. The number of methoxy groups -OCH3 is 1. The van der Waals surface area contributed by atoms with Crippen molar-refractivity contribution in [3.05, 3.63) is 29.8 Å². The Labute approximate surface area is 140 Å². The molecule has 0 aromatic heterocycles. The minimum absolute atomic E-state index is 0. The van der Waals surface area contributed by atoms with Crippen LogP contribution in [0, 0.1) is 0 Å². The highest BCUT2D eigenvalue weighted by molar-refractivity contribution is 7.89. The molecule has 0 saturated heterocycles. The summed E-state index contributed by atoms with van der Waals surface area (Å²) in [6, 6.07) is 7.04. The van der Waals surface area contributed by atoms with Crippen LogP contribution in [0.1, 0.15) is 26.3 Å². The monoisotopic (exact) mass is 350 g/mol. The van der Waals surface area contributed by atoms with Gasteiger partial charge in [-0.1, -0.05) is 32.9 Å². The van der Waals surface area contributed by atoms with E-state index in [4.69, 9.17) is 4.74 Å². The predicted molar refractivity (Wildman–Crippen MR) is 92.3 cm³/mol. The highest BCUT2D eigenvalue weighted by Gasteiger charge is 2.17. The van der Waals surface area contributed by atoms with Crippen LogP contribution in [0.4, 0.5) is 0 Å². The Morgan fingerprint density at radius 1 is 1.05 bits per heavy atom. The van der Waals surface area contributed by atoms with Crippen LogP contribution in [-0.4, -0.2) is 41.8 Å². The van der Waals surface area contributed by atoms with Gasteiger partial charge in [0.15, 0.2) is 0 Å². The second-order valence-corrected chi connectivity index (χ2v) is 7.68. The average Bonchev–Trinajstić information content (AvgIpc) is 2.42. The molecule has 0 aliphatic carbocycles. The summed E-state index contributed by atoms with van der Waals surface area (Å²) in [5.74, 6) is 0. The number of ether oxygens (including phenoxy) is 1. The summed E-state index contributed by atoms with van der Waals surface area (Å²) in [5.41, 5.74) is 1.13. The molecule has 22 heavy (non-hydrogen) atoms. The molecular formula is C15H27ClN2O3S. The Balaban J connectivity index is 0.00000441. The van der Waals surface area contributed by atoms with Gasteiger partial charge in [-0.05, 0) is 23.1 Å². The van der Waals surface area contributed by atoms with Crippen molar-refractivity contribution in [2.45, 2.75) is 31.1 Å². The summed E-state index contributed by atoms with van der Waals surface area (Å²) in [4.78, 5) is 0.299. The number of hydrogen-bond donors (Lipinski definition) is 2. The van der Waals surface area contributed by atoms with Gasteiger partial charge in [0.2, 0.25) is 10.0 Å². The molecule has 0 heterocycles. The Morgan fingerprint density at radius 3 is 2.14 bits per heavy atom. The van der Waals surface area contributed by atoms with E-state index in [9.17, 15) is 8.42 Å². The van der Waals surface area contributed by atoms with Gasteiger partial charge >= 0.3 is 0 Å². The first-order valence-electron chi connectivity index (χ1n) is 7.07. The third-order valence-electron chi connectivity index (χ3n) is 3.11. The number of rotatable bonds is 8. The predicted octanol–water partition coefficient (Wildman–Crippen LogP) is 1.92. The van der Waals surface area contributed by atoms with E-state index >= 15 is 0 Å². The number of sulfonamides is 1. The quantitative estimate of drug-likeness (QED) is 0.703. The summed E-state index contributed by atoms with van der Waals surface area (Å²) in [6.45, 7) is 8.54. The van der Waals surface area contributed by atoms with Gasteiger partial charge < -0.3 is 10.1 Å². The molecule has 0 aliphatic rings. The molecule has 0 atom stereocenters. The minimum atomic E-state index is -3.44. The van der Waals surface area contributed by atoms with E-state index in [1.165, 1.54) is 0 Å². The molecule has 1 aromatic rings. The zero-order valence-electron chi connectivity index (χ0n) is 13.7. The van der Waals surface area contributed by atoms with Crippen molar-refractivity contribution in [1.29, 1.82) is 0 Å². The van der Waals surface area contributed by atoms with Crippen molar-refractivity contribution in [2.24, 2.45) is 0 Å². The zero-order chi connectivity index (χ0) is 15.9. The van der Waals surface area contributed by atoms with Crippen molar-refractivity contribution in [2.75, 3.05) is 33.4 Å². The maximum atomic E-state index is 12.1. The van der Waals surface area contributed by atoms with Crippen LogP contribution >= 0.6 is 12.4 Å². The molecule has 0 spiro atoms. The van der Waals surface area contributed by atoms with Crippen LogP contribution in [0.3, 0.4) is 0 Å². The van der Waals surface area contributed by atoms with Crippen LogP contribution < -0.4 is 10.0 Å². The van der Waals surface area contributed by atoms with Gasteiger partial charge in [-0.2, -0.15) is 0 Å². The smallest absolute Gasteiger partial charge is 0.240 e. The molecule has 0 radical (unpaired) electrons. The Bertz CT molecular complexity index is 525. The second-order valence-electron chi connectivity index (χ2n) is 5.91.